The van der Waals surface area contributed by atoms with Crippen molar-refractivity contribution in [1.82, 2.24) is 15.1 Å². The van der Waals surface area contributed by atoms with Gasteiger partial charge in [0, 0.05) is 44.3 Å². The predicted molar refractivity (Wildman–Crippen MR) is 128 cm³/mol. The van der Waals surface area contributed by atoms with Gasteiger partial charge in [-0.05, 0) is 42.0 Å². The molecule has 0 saturated carbocycles. The molecule has 180 valence electrons. The monoisotopic (exact) mass is 477 g/mol. The topological polar surface area (TPSA) is 72.5 Å². The van der Waals surface area contributed by atoms with Gasteiger partial charge in [0.25, 0.3) is 0 Å². The van der Waals surface area contributed by atoms with E-state index < -0.39 is 0 Å². The van der Waals surface area contributed by atoms with Crippen molar-refractivity contribution in [3.8, 4) is 23.0 Å². The molecule has 1 amide bonds. The van der Waals surface area contributed by atoms with E-state index in [4.69, 9.17) is 30.5 Å². The highest BCUT2D eigenvalue weighted by Crippen LogP contribution is 2.38. The number of halogens is 1. The maximum Gasteiger partial charge on any atom is 0.234 e. The van der Waals surface area contributed by atoms with E-state index in [1.54, 1.807) is 21.3 Å². The van der Waals surface area contributed by atoms with Gasteiger partial charge in [-0.3, -0.25) is 14.6 Å². The van der Waals surface area contributed by atoms with Crippen molar-refractivity contribution < 1.29 is 23.7 Å². The number of rotatable bonds is 11. The normalized spacial score (nSPS) is 14.5. The van der Waals surface area contributed by atoms with Crippen LogP contribution in [0.1, 0.15) is 5.56 Å². The van der Waals surface area contributed by atoms with Crippen LogP contribution in [0.5, 0.6) is 23.0 Å². The zero-order chi connectivity index (χ0) is 23.6. The molecule has 1 aliphatic rings. The van der Waals surface area contributed by atoms with Crippen LogP contribution < -0.4 is 24.3 Å². The summed E-state index contributed by atoms with van der Waals surface area (Å²) in [7, 11) is 4.71. The summed E-state index contributed by atoms with van der Waals surface area (Å²) in [5, 5.41) is 3.68. The Balaban J connectivity index is 1.37. The van der Waals surface area contributed by atoms with Gasteiger partial charge in [-0.2, -0.15) is 0 Å². The molecule has 0 bridgehead atoms. The van der Waals surface area contributed by atoms with Gasteiger partial charge in [-0.1, -0.05) is 11.6 Å². The van der Waals surface area contributed by atoms with Crippen molar-refractivity contribution in [3.63, 3.8) is 0 Å². The van der Waals surface area contributed by atoms with Crippen LogP contribution in [0.4, 0.5) is 0 Å². The minimum Gasteiger partial charge on any atom is -0.493 e. The fourth-order valence-electron chi connectivity index (χ4n) is 3.69. The Morgan fingerprint density at radius 1 is 0.939 bits per heavy atom. The molecule has 1 heterocycles. The summed E-state index contributed by atoms with van der Waals surface area (Å²) in [6, 6.07) is 11.1. The zero-order valence-electron chi connectivity index (χ0n) is 19.4. The number of nitrogens with one attached hydrogen (secondary N) is 1. The van der Waals surface area contributed by atoms with Crippen molar-refractivity contribution in [2.24, 2.45) is 0 Å². The first-order valence-electron chi connectivity index (χ1n) is 10.9. The van der Waals surface area contributed by atoms with Gasteiger partial charge < -0.3 is 24.3 Å². The third kappa shape index (κ3) is 7.42. The van der Waals surface area contributed by atoms with Crippen molar-refractivity contribution in [3.05, 3.63) is 47.0 Å². The standard InChI is InChI=1S/C24H32ClN3O5/c1-30-21-14-18(15-22(31-2)24(21)32-3)16-26-23(29)17-28-10-8-27(9-11-28)12-13-33-20-6-4-19(25)5-7-20/h4-7,14-15H,8-13,16-17H2,1-3H3,(H,26,29). The van der Waals surface area contributed by atoms with Gasteiger partial charge in [0.05, 0.1) is 27.9 Å². The number of piperazine rings is 1. The number of amides is 1. The number of hydrogen-bond donors (Lipinski definition) is 1. The molecule has 2 aromatic rings. The van der Waals surface area contributed by atoms with E-state index in [-0.39, 0.29) is 5.91 Å². The minimum absolute atomic E-state index is 0.0109. The molecule has 8 nitrogen and oxygen atoms in total. The van der Waals surface area contributed by atoms with Crippen LogP contribution in [0.15, 0.2) is 36.4 Å². The molecule has 0 unspecified atom stereocenters. The van der Waals surface area contributed by atoms with Crippen LogP contribution in [-0.4, -0.2) is 82.9 Å². The smallest absolute Gasteiger partial charge is 0.234 e. The maximum absolute atomic E-state index is 12.5. The molecular formula is C24H32ClN3O5. The minimum atomic E-state index is -0.0109. The van der Waals surface area contributed by atoms with Crippen LogP contribution in [0.2, 0.25) is 5.02 Å². The summed E-state index contributed by atoms with van der Waals surface area (Å²) in [5.74, 6) is 2.48. The van der Waals surface area contributed by atoms with Crippen molar-refractivity contribution in [2.45, 2.75) is 6.54 Å². The van der Waals surface area contributed by atoms with E-state index in [0.717, 1.165) is 44.0 Å². The number of benzene rings is 2. The molecule has 0 aromatic heterocycles. The quantitative estimate of drug-likeness (QED) is 0.533. The van der Waals surface area contributed by atoms with Crippen LogP contribution in [0.25, 0.3) is 0 Å². The van der Waals surface area contributed by atoms with E-state index in [1.807, 2.05) is 36.4 Å². The number of methoxy groups -OCH3 is 3. The molecule has 3 rings (SSSR count). The van der Waals surface area contributed by atoms with Gasteiger partial charge in [-0.15, -0.1) is 0 Å². The summed E-state index contributed by atoms with van der Waals surface area (Å²) in [6.07, 6.45) is 0. The number of carbonyl (C=O) groups is 1. The highest BCUT2D eigenvalue weighted by Gasteiger charge is 2.19. The van der Waals surface area contributed by atoms with Crippen molar-refractivity contribution in [1.29, 1.82) is 0 Å². The lowest BCUT2D eigenvalue weighted by Gasteiger charge is -2.34. The van der Waals surface area contributed by atoms with Crippen LogP contribution >= 0.6 is 11.6 Å². The third-order valence-electron chi connectivity index (χ3n) is 5.54. The Labute approximate surface area is 200 Å². The fourth-order valence-corrected chi connectivity index (χ4v) is 3.82. The highest BCUT2D eigenvalue weighted by molar-refractivity contribution is 6.30. The van der Waals surface area contributed by atoms with Gasteiger partial charge in [0.15, 0.2) is 11.5 Å². The van der Waals surface area contributed by atoms with E-state index >= 15 is 0 Å². The SMILES string of the molecule is COc1cc(CNC(=O)CN2CCN(CCOc3ccc(Cl)cc3)CC2)cc(OC)c1OC. The number of ether oxygens (including phenoxy) is 4. The molecule has 1 aliphatic heterocycles. The predicted octanol–water partition coefficient (Wildman–Crippen LogP) is 2.68. The molecule has 0 atom stereocenters. The summed E-state index contributed by atoms with van der Waals surface area (Å²) >= 11 is 5.89. The second-order valence-corrected chi connectivity index (χ2v) is 8.17. The van der Waals surface area contributed by atoms with Crippen LogP contribution in [0, 0.1) is 0 Å². The van der Waals surface area contributed by atoms with Gasteiger partial charge in [0.2, 0.25) is 11.7 Å². The van der Waals surface area contributed by atoms with E-state index in [9.17, 15) is 4.79 Å². The first-order valence-corrected chi connectivity index (χ1v) is 11.3. The molecule has 33 heavy (non-hydrogen) atoms. The molecule has 9 heteroatoms. The lowest BCUT2D eigenvalue weighted by atomic mass is 10.1. The molecule has 1 fully saturated rings. The second kappa shape index (κ2) is 12.5. The summed E-state index contributed by atoms with van der Waals surface area (Å²) in [5.41, 5.74) is 0.878. The lowest BCUT2D eigenvalue weighted by molar-refractivity contribution is -0.122. The molecule has 0 spiro atoms. The van der Waals surface area contributed by atoms with Crippen molar-refractivity contribution in [2.75, 3.05) is 67.2 Å². The molecule has 2 aromatic carbocycles. The van der Waals surface area contributed by atoms with Gasteiger partial charge in [-0.25, -0.2) is 0 Å². The van der Waals surface area contributed by atoms with Crippen molar-refractivity contribution >= 4 is 17.5 Å². The zero-order valence-corrected chi connectivity index (χ0v) is 20.2. The number of nitrogens with zero attached hydrogens (tertiary/aromatic N) is 2. The molecular weight excluding hydrogens is 446 g/mol. The van der Waals surface area contributed by atoms with E-state index in [0.29, 0.717) is 42.0 Å². The number of carbonyl (C=O) groups excluding carboxylic acids is 1. The largest absolute Gasteiger partial charge is 0.493 e. The Kier molecular flexibility index (Phi) is 9.47. The first-order chi connectivity index (χ1) is 16.0. The maximum atomic E-state index is 12.5. The van der Waals surface area contributed by atoms with Crippen LogP contribution in [-0.2, 0) is 11.3 Å². The van der Waals surface area contributed by atoms with Gasteiger partial charge in [0.1, 0.15) is 12.4 Å². The Morgan fingerprint density at radius 2 is 1.55 bits per heavy atom. The molecule has 0 aliphatic carbocycles. The van der Waals surface area contributed by atoms with Crippen LogP contribution in [0.3, 0.4) is 0 Å². The summed E-state index contributed by atoms with van der Waals surface area (Å²) < 4.78 is 21.9. The highest BCUT2D eigenvalue weighted by atomic mass is 35.5. The summed E-state index contributed by atoms with van der Waals surface area (Å²) in [4.78, 5) is 17.0. The Bertz CT molecular complexity index is 876. The second-order valence-electron chi connectivity index (χ2n) is 7.73. The Morgan fingerprint density at radius 3 is 2.12 bits per heavy atom. The average Bonchev–Trinajstić information content (AvgIpc) is 2.84. The lowest BCUT2D eigenvalue weighted by Crippen LogP contribution is -2.50. The first kappa shape index (κ1) is 25.0. The molecule has 1 N–H and O–H groups in total. The average molecular weight is 478 g/mol. The molecule has 0 radical (unpaired) electrons. The van der Waals surface area contributed by atoms with E-state index in [2.05, 4.69) is 15.1 Å². The Hall–Kier alpha value is -2.68. The van der Waals surface area contributed by atoms with E-state index in [1.165, 1.54) is 0 Å². The number of hydrogen-bond acceptors (Lipinski definition) is 7. The van der Waals surface area contributed by atoms with Gasteiger partial charge >= 0.3 is 0 Å². The summed E-state index contributed by atoms with van der Waals surface area (Å²) in [6.45, 7) is 5.74. The third-order valence-corrected chi connectivity index (χ3v) is 5.79. The fraction of sp³-hybridized carbons (Fsp3) is 0.458. The molecule has 1 saturated heterocycles.